The third kappa shape index (κ3) is 6.06. The maximum atomic E-state index is 17.0. The predicted octanol–water partition coefficient (Wildman–Crippen LogP) is 6.29. The number of alkyl halides is 1. The van der Waals surface area contributed by atoms with Gasteiger partial charge in [-0.2, -0.15) is 9.97 Å². The molecule has 276 valence electrons. The van der Waals surface area contributed by atoms with Crippen LogP contribution < -0.4 is 9.64 Å². The molecular weight excluding hydrogens is 700 g/mol. The van der Waals surface area contributed by atoms with Gasteiger partial charge in [0, 0.05) is 68.2 Å². The van der Waals surface area contributed by atoms with E-state index in [4.69, 9.17) is 16.1 Å². The fraction of sp³-hybridized carbons (Fsp3) is 0.350. The minimum atomic E-state index is -0.979. The van der Waals surface area contributed by atoms with E-state index >= 15 is 8.78 Å². The smallest absolute Gasteiger partial charge is 0.319 e. The largest absolute Gasteiger partial charge is 0.461 e. The Labute approximate surface area is 308 Å². The quantitative estimate of drug-likeness (QED) is 0.104. The summed E-state index contributed by atoms with van der Waals surface area (Å²) in [6, 6.07) is 6.94. The van der Waals surface area contributed by atoms with Gasteiger partial charge < -0.3 is 14.5 Å². The highest BCUT2D eigenvalue weighted by molar-refractivity contribution is 6.02. The molecule has 2 unspecified atom stereocenters. The number of carbonyl (C=O) groups excluding carboxylic acids is 1. The Morgan fingerprint density at radius 3 is 2.80 bits per heavy atom. The average Bonchev–Trinajstić information content (AvgIpc) is 3.85. The lowest BCUT2D eigenvalue weighted by Crippen LogP contribution is -2.44. The third-order valence-electron chi connectivity index (χ3n) is 11.1. The number of pyridine rings is 1. The van der Waals surface area contributed by atoms with Crippen LogP contribution in [0.4, 0.5) is 23.4 Å². The van der Waals surface area contributed by atoms with Crippen molar-refractivity contribution in [1.29, 1.82) is 0 Å². The van der Waals surface area contributed by atoms with Gasteiger partial charge in [-0.05, 0) is 44.2 Å². The molecule has 5 aromatic rings. The van der Waals surface area contributed by atoms with Crippen molar-refractivity contribution < 1.29 is 27.1 Å². The van der Waals surface area contributed by atoms with Crippen LogP contribution in [0, 0.1) is 24.0 Å². The zero-order chi connectivity index (χ0) is 37.7. The second-order valence-corrected chi connectivity index (χ2v) is 14.2. The lowest BCUT2D eigenvalue weighted by molar-refractivity contribution is -0.129. The summed E-state index contributed by atoms with van der Waals surface area (Å²) in [6.07, 6.45) is 13.9. The van der Waals surface area contributed by atoms with Gasteiger partial charge in [-0.15, -0.1) is 6.42 Å². The van der Waals surface area contributed by atoms with Gasteiger partial charge in [0.2, 0.25) is 0 Å². The molecule has 2 aromatic carbocycles. The van der Waals surface area contributed by atoms with E-state index in [2.05, 4.69) is 30.8 Å². The van der Waals surface area contributed by atoms with Crippen molar-refractivity contribution in [3.8, 4) is 29.6 Å². The molecule has 1 amide bonds. The highest BCUT2D eigenvalue weighted by Crippen LogP contribution is 2.41. The Morgan fingerprint density at radius 1 is 1.15 bits per heavy atom. The first-order valence-electron chi connectivity index (χ1n) is 17.8. The van der Waals surface area contributed by atoms with Crippen LogP contribution in [-0.4, -0.2) is 97.7 Å². The van der Waals surface area contributed by atoms with Crippen LogP contribution in [0.25, 0.3) is 39.0 Å². The number of rotatable bonds is 8. The first kappa shape index (κ1) is 35.4. The fourth-order valence-electron chi connectivity index (χ4n) is 8.48. The number of hydrogen-bond donors (Lipinski definition) is 0. The number of halogens is 4. The SMILES string of the molecule is C#Cc1c(F)ccc2cccc(-c3ncc4c(N(C)C5CCN(C(=O)/C(F)=C/c6cnccn6)[C@@H]5C)nc(OC[C@@]56CCCN5CC(F)C6)nc4c3F)c12. The molecular formula is C40H36F4N8O2. The summed E-state index contributed by atoms with van der Waals surface area (Å²) >= 11 is 0. The van der Waals surface area contributed by atoms with E-state index in [0.29, 0.717) is 30.2 Å². The number of hydrogen-bond acceptors (Lipinski definition) is 9. The summed E-state index contributed by atoms with van der Waals surface area (Å²) in [5, 5.41) is 1.20. The summed E-state index contributed by atoms with van der Waals surface area (Å²) in [6.45, 7) is 3.25. The van der Waals surface area contributed by atoms with Crippen LogP contribution in [-0.2, 0) is 4.79 Å². The van der Waals surface area contributed by atoms with Crippen molar-refractivity contribution in [3.05, 3.63) is 83.8 Å². The number of amides is 1. The van der Waals surface area contributed by atoms with Crippen molar-refractivity contribution in [1.82, 2.24) is 34.7 Å². The third-order valence-corrected chi connectivity index (χ3v) is 11.1. The molecule has 0 spiro atoms. The van der Waals surface area contributed by atoms with Gasteiger partial charge >= 0.3 is 6.01 Å². The van der Waals surface area contributed by atoms with Gasteiger partial charge in [0.15, 0.2) is 11.6 Å². The first-order valence-corrected chi connectivity index (χ1v) is 17.8. The minimum absolute atomic E-state index is 0.0167. The molecule has 0 bridgehead atoms. The van der Waals surface area contributed by atoms with Crippen LogP contribution in [0.15, 0.2) is 60.9 Å². The highest BCUT2D eigenvalue weighted by atomic mass is 19.1. The number of anilines is 1. The molecule has 3 aliphatic rings. The topological polar surface area (TPSA) is 100 Å². The van der Waals surface area contributed by atoms with Crippen LogP contribution in [0.2, 0.25) is 0 Å². The normalized spacial score (nSPS) is 22.9. The monoisotopic (exact) mass is 736 g/mol. The van der Waals surface area contributed by atoms with Gasteiger partial charge in [0.05, 0.1) is 34.4 Å². The maximum Gasteiger partial charge on any atom is 0.319 e. The molecule has 54 heavy (non-hydrogen) atoms. The molecule has 3 aliphatic heterocycles. The number of likely N-dealkylation sites (tertiary alicyclic amines) is 1. The lowest BCUT2D eigenvalue weighted by Gasteiger charge is -2.33. The minimum Gasteiger partial charge on any atom is -0.461 e. The summed E-state index contributed by atoms with van der Waals surface area (Å²) in [4.78, 5) is 40.4. The van der Waals surface area contributed by atoms with Gasteiger partial charge in [0.25, 0.3) is 5.91 Å². The number of terminal acetylenes is 1. The number of fused-ring (bicyclic) bond motifs is 3. The molecule has 3 saturated heterocycles. The summed E-state index contributed by atoms with van der Waals surface area (Å²) in [5.41, 5.74) is -0.241. The summed E-state index contributed by atoms with van der Waals surface area (Å²) in [5.74, 6) is -0.511. The molecule has 0 saturated carbocycles. The second kappa shape index (κ2) is 13.9. The van der Waals surface area contributed by atoms with E-state index in [-0.39, 0.29) is 64.4 Å². The Morgan fingerprint density at radius 2 is 2.00 bits per heavy atom. The van der Waals surface area contributed by atoms with Gasteiger partial charge in [-0.3, -0.25) is 24.6 Å². The molecule has 14 heteroatoms. The maximum absolute atomic E-state index is 17.0. The van der Waals surface area contributed by atoms with Crippen LogP contribution >= 0.6 is 0 Å². The number of benzene rings is 2. The van der Waals surface area contributed by atoms with Crippen LogP contribution in [0.5, 0.6) is 6.01 Å². The number of ether oxygens (including phenoxy) is 1. The predicted molar refractivity (Wildman–Crippen MR) is 196 cm³/mol. The average molecular weight is 737 g/mol. The Balaban J connectivity index is 1.19. The number of aromatic nitrogens is 5. The van der Waals surface area contributed by atoms with Gasteiger partial charge in [-0.1, -0.05) is 30.2 Å². The van der Waals surface area contributed by atoms with Gasteiger partial charge in [-0.25, -0.2) is 17.6 Å². The van der Waals surface area contributed by atoms with Crippen LogP contribution in [0.3, 0.4) is 0 Å². The summed E-state index contributed by atoms with van der Waals surface area (Å²) in [7, 11) is 1.76. The molecule has 3 fully saturated rings. The van der Waals surface area contributed by atoms with Crippen molar-refractivity contribution in [2.75, 3.05) is 38.2 Å². The van der Waals surface area contributed by atoms with E-state index in [1.54, 1.807) is 36.2 Å². The Hall–Kier alpha value is -5.68. The zero-order valence-electron chi connectivity index (χ0n) is 29.6. The number of likely N-dealkylation sites (N-methyl/N-ethyl adjacent to an activating group) is 1. The summed E-state index contributed by atoms with van der Waals surface area (Å²) < 4.78 is 68.0. The Kier molecular flexibility index (Phi) is 9.13. The van der Waals surface area contributed by atoms with Crippen molar-refractivity contribution in [2.45, 2.75) is 56.4 Å². The lowest BCUT2D eigenvalue weighted by atomic mass is 9.95. The molecule has 8 rings (SSSR count). The van der Waals surface area contributed by atoms with Crippen LogP contribution in [0.1, 0.15) is 43.9 Å². The molecule has 3 aromatic heterocycles. The number of carbonyl (C=O) groups is 1. The Bertz CT molecular complexity index is 2350. The van der Waals surface area contributed by atoms with Crippen molar-refractivity contribution in [2.24, 2.45) is 0 Å². The first-order chi connectivity index (χ1) is 26.1. The van der Waals surface area contributed by atoms with E-state index in [1.165, 1.54) is 35.8 Å². The molecule has 6 heterocycles. The van der Waals surface area contributed by atoms with E-state index in [9.17, 15) is 13.6 Å². The fourth-order valence-corrected chi connectivity index (χ4v) is 8.48. The van der Waals surface area contributed by atoms with E-state index < -0.39 is 41.1 Å². The number of nitrogens with zero attached hydrogens (tertiary/aromatic N) is 8. The zero-order valence-corrected chi connectivity index (χ0v) is 29.6. The van der Waals surface area contributed by atoms with Crippen molar-refractivity contribution in [3.63, 3.8) is 0 Å². The molecule has 0 aliphatic carbocycles. The molecule has 4 atom stereocenters. The van der Waals surface area contributed by atoms with Gasteiger partial charge in [0.1, 0.15) is 35.6 Å². The molecule has 0 radical (unpaired) electrons. The highest BCUT2D eigenvalue weighted by Gasteiger charge is 2.49. The van der Waals surface area contributed by atoms with E-state index in [1.807, 2.05) is 6.92 Å². The van der Waals surface area contributed by atoms with Crippen molar-refractivity contribution >= 4 is 39.5 Å². The molecule has 10 nitrogen and oxygen atoms in total. The standard InChI is InChI=1S/C40H36F4N8O2/c1-4-27-30(42)10-9-24-7-5-8-28(33(24)27)35-34(44)36-29(20-47-35)37(49-39(48-36)54-22-40-12-6-15-51(40)21-25(41)18-40)50(3)32-11-16-52(23(32)2)38(53)31(43)17-26-19-45-13-14-46-26/h1,5,7-10,13-14,17,19-20,23,25,32H,6,11-12,15-16,18,21-22H2,2-3H3/b31-17-/t23-,25?,32?,40+/m1/s1. The molecule has 0 N–H and O–H groups in total. The second-order valence-electron chi connectivity index (χ2n) is 14.2. The van der Waals surface area contributed by atoms with E-state index in [0.717, 1.165) is 25.5 Å².